The van der Waals surface area contributed by atoms with Crippen LogP contribution in [0, 0.1) is 5.92 Å². The lowest BCUT2D eigenvalue weighted by Crippen LogP contribution is -2.44. The van der Waals surface area contributed by atoms with Gasteiger partial charge < -0.3 is 19.9 Å². The van der Waals surface area contributed by atoms with Gasteiger partial charge in [0.25, 0.3) is 11.8 Å². The number of alkyl carbamates (subject to hydrolysis) is 1. The van der Waals surface area contributed by atoms with Crippen molar-refractivity contribution in [3.63, 3.8) is 0 Å². The molecule has 128 valence electrons. The average molecular weight is 328 g/mol. The van der Waals surface area contributed by atoms with Crippen LogP contribution in [0.15, 0.2) is 12.2 Å². The number of aliphatic carboxylic acids is 1. The lowest BCUT2D eigenvalue weighted by atomic mass is 10.1. The van der Waals surface area contributed by atoms with Crippen LogP contribution in [-0.4, -0.2) is 66.3 Å². The van der Waals surface area contributed by atoms with Gasteiger partial charge >= 0.3 is 12.1 Å². The second kappa shape index (κ2) is 8.89. The number of imide groups is 1. The topological polar surface area (TPSA) is 122 Å². The largest absolute Gasteiger partial charge is 0.480 e. The van der Waals surface area contributed by atoms with E-state index in [1.165, 1.54) is 12.2 Å². The summed E-state index contributed by atoms with van der Waals surface area (Å²) in [6.07, 6.45) is 1.52. The first kappa shape index (κ1) is 18.6. The summed E-state index contributed by atoms with van der Waals surface area (Å²) in [6, 6.07) is -1.02. The van der Waals surface area contributed by atoms with E-state index in [9.17, 15) is 19.2 Å². The molecule has 9 nitrogen and oxygen atoms in total. The fraction of sp³-hybridized carbons (Fsp3) is 0.571. The van der Waals surface area contributed by atoms with E-state index >= 15 is 0 Å². The van der Waals surface area contributed by atoms with E-state index in [0.717, 1.165) is 4.90 Å². The molecule has 1 rings (SSSR count). The summed E-state index contributed by atoms with van der Waals surface area (Å²) in [5, 5.41) is 11.2. The predicted molar refractivity (Wildman–Crippen MR) is 77.4 cm³/mol. The Kier molecular flexibility index (Phi) is 7.20. The van der Waals surface area contributed by atoms with Crippen molar-refractivity contribution in [1.29, 1.82) is 0 Å². The number of carbonyl (C=O) groups is 4. The third-order valence-electron chi connectivity index (χ3n) is 3.03. The zero-order chi connectivity index (χ0) is 17.4. The van der Waals surface area contributed by atoms with E-state index in [-0.39, 0.29) is 44.1 Å². The number of amides is 3. The van der Waals surface area contributed by atoms with E-state index in [1.54, 1.807) is 13.8 Å². The highest BCUT2D eigenvalue weighted by atomic mass is 16.6. The molecule has 1 heterocycles. The van der Waals surface area contributed by atoms with Gasteiger partial charge in [-0.25, -0.2) is 9.59 Å². The number of hydrogen-bond donors (Lipinski definition) is 2. The molecule has 0 bridgehead atoms. The van der Waals surface area contributed by atoms with Crippen molar-refractivity contribution in [2.24, 2.45) is 5.92 Å². The first-order chi connectivity index (χ1) is 10.8. The molecule has 1 unspecified atom stereocenters. The highest BCUT2D eigenvalue weighted by Gasteiger charge is 2.24. The van der Waals surface area contributed by atoms with E-state index in [2.05, 4.69) is 5.32 Å². The summed E-state index contributed by atoms with van der Waals surface area (Å²) in [5.41, 5.74) is 0. The molecule has 2 N–H and O–H groups in total. The van der Waals surface area contributed by atoms with E-state index in [4.69, 9.17) is 14.6 Å². The van der Waals surface area contributed by atoms with Gasteiger partial charge in [0.1, 0.15) is 12.6 Å². The zero-order valence-corrected chi connectivity index (χ0v) is 13.0. The number of hydrogen-bond acceptors (Lipinski definition) is 6. The Morgan fingerprint density at radius 2 is 1.78 bits per heavy atom. The number of ether oxygens (including phenoxy) is 2. The van der Waals surface area contributed by atoms with Gasteiger partial charge in [-0.3, -0.25) is 14.5 Å². The van der Waals surface area contributed by atoms with E-state index in [1.807, 2.05) is 0 Å². The van der Waals surface area contributed by atoms with Gasteiger partial charge in [0.05, 0.1) is 19.8 Å². The maximum Gasteiger partial charge on any atom is 0.407 e. The molecule has 0 aliphatic carbocycles. The molecular weight excluding hydrogens is 308 g/mol. The van der Waals surface area contributed by atoms with E-state index in [0.29, 0.717) is 0 Å². The Labute approximate surface area is 133 Å². The van der Waals surface area contributed by atoms with Gasteiger partial charge in [0.2, 0.25) is 0 Å². The summed E-state index contributed by atoms with van der Waals surface area (Å²) < 4.78 is 9.94. The van der Waals surface area contributed by atoms with Crippen LogP contribution < -0.4 is 5.32 Å². The molecule has 0 aromatic carbocycles. The second-order valence-electron chi connectivity index (χ2n) is 5.11. The van der Waals surface area contributed by atoms with Crippen LogP contribution in [-0.2, 0) is 23.9 Å². The van der Waals surface area contributed by atoms with Gasteiger partial charge in [-0.2, -0.15) is 0 Å². The van der Waals surface area contributed by atoms with Gasteiger partial charge in [-0.1, -0.05) is 13.8 Å². The molecule has 1 atom stereocenters. The number of carbonyl (C=O) groups excluding carboxylic acids is 3. The Balaban J connectivity index is 2.13. The van der Waals surface area contributed by atoms with Crippen LogP contribution in [0.25, 0.3) is 0 Å². The normalized spacial score (nSPS) is 15.2. The van der Waals surface area contributed by atoms with Crippen LogP contribution in [0.1, 0.15) is 13.8 Å². The van der Waals surface area contributed by atoms with Crippen molar-refractivity contribution in [3.8, 4) is 0 Å². The number of carboxylic acids is 1. The minimum atomic E-state index is -1.14. The number of nitrogens with zero attached hydrogens (tertiary/aromatic N) is 1. The first-order valence-corrected chi connectivity index (χ1v) is 7.10. The molecule has 0 saturated heterocycles. The Bertz CT molecular complexity index is 483. The van der Waals surface area contributed by atoms with Crippen LogP contribution >= 0.6 is 0 Å². The predicted octanol–water partition coefficient (Wildman–Crippen LogP) is -0.237. The van der Waals surface area contributed by atoms with Crippen molar-refractivity contribution >= 4 is 23.9 Å². The quantitative estimate of drug-likeness (QED) is 0.442. The minimum Gasteiger partial charge on any atom is -0.480 e. The third kappa shape index (κ3) is 6.07. The Morgan fingerprint density at radius 3 is 2.30 bits per heavy atom. The van der Waals surface area contributed by atoms with Crippen LogP contribution in [0.2, 0.25) is 0 Å². The van der Waals surface area contributed by atoms with Crippen LogP contribution in [0.3, 0.4) is 0 Å². The van der Waals surface area contributed by atoms with Crippen molar-refractivity contribution in [2.75, 3.05) is 26.4 Å². The molecule has 23 heavy (non-hydrogen) atoms. The molecule has 0 saturated carbocycles. The fourth-order valence-corrected chi connectivity index (χ4v) is 1.78. The molecule has 3 amide bonds. The molecule has 0 radical (unpaired) electrons. The summed E-state index contributed by atoms with van der Waals surface area (Å²) in [4.78, 5) is 45.9. The summed E-state index contributed by atoms with van der Waals surface area (Å²) >= 11 is 0. The maximum absolute atomic E-state index is 11.4. The minimum absolute atomic E-state index is 0.0660. The SMILES string of the molecule is CC(C)C(NC(=O)OCCOCCN1C(=O)C=CC1=O)C(=O)O. The monoisotopic (exact) mass is 328 g/mol. The van der Waals surface area contributed by atoms with Crippen molar-refractivity contribution in [1.82, 2.24) is 10.2 Å². The summed E-state index contributed by atoms with van der Waals surface area (Å²) in [6.45, 7) is 3.56. The second-order valence-corrected chi connectivity index (χ2v) is 5.11. The van der Waals surface area contributed by atoms with Crippen molar-refractivity contribution in [3.05, 3.63) is 12.2 Å². The number of carboxylic acid groups (broad SMARTS) is 1. The highest BCUT2D eigenvalue weighted by Crippen LogP contribution is 2.03. The van der Waals surface area contributed by atoms with Crippen molar-refractivity contribution in [2.45, 2.75) is 19.9 Å². The Hall–Kier alpha value is -2.42. The maximum atomic E-state index is 11.4. The molecular formula is C14H20N2O7. The van der Waals surface area contributed by atoms with Gasteiger partial charge in [-0.15, -0.1) is 0 Å². The molecule has 0 aromatic rings. The number of rotatable bonds is 9. The lowest BCUT2D eigenvalue weighted by Gasteiger charge is -2.17. The van der Waals surface area contributed by atoms with Gasteiger partial charge in [-0.05, 0) is 5.92 Å². The zero-order valence-electron chi connectivity index (χ0n) is 13.0. The number of nitrogens with one attached hydrogen (secondary N) is 1. The molecule has 1 aliphatic heterocycles. The smallest absolute Gasteiger partial charge is 0.407 e. The molecule has 0 fully saturated rings. The fourth-order valence-electron chi connectivity index (χ4n) is 1.78. The molecule has 9 heteroatoms. The molecule has 1 aliphatic rings. The van der Waals surface area contributed by atoms with Gasteiger partial charge in [0, 0.05) is 12.2 Å². The van der Waals surface area contributed by atoms with Crippen LogP contribution in [0.5, 0.6) is 0 Å². The standard InChI is InChI=1S/C14H20N2O7/c1-9(2)12(13(19)20)15-14(21)23-8-7-22-6-5-16-10(17)3-4-11(16)18/h3-4,9,12H,5-8H2,1-2H3,(H,15,21)(H,19,20). The van der Waals surface area contributed by atoms with Crippen molar-refractivity contribution < 1.29 is 33.8 Å². The summed E-state index contributed by atoms with van der Waals surface area (Å²) in [7, 11) is 0. The average Bonchev–Trinajstić information content (AvgIpc) is 2.79. The molecule has 0 aromatic heterocycles. The van der Waals surface area contributed by atoms with Gasteiger partial charge in [0.15, 0.2) is 0 Å². The van der Waals surface area contributed by atoms with Crippen LogP contribution in [0.4, 0.5) is 4.79 Å². The third-order valence-corrected chi connectivity index (χ3v) is 3.03. The first-order valence-electron chi connectivity index (χ1n) is 7.10. The lowest BCUT2D eigenvalue weighted by molar-refractivity contribution is -0.141. The van der Waals surface area contributed by atoms with E-state index < -0.39 is 18.1 Å². The summed E-state index contributed by atoms with van der Waals surface area (Å²) in [5.74, 6) is -2.19. The molecule has 0 spiro atoms. The Morgan fingerprint density at radius 1 is 1.17 bits per heavy atom. The highest BCUT2D eigenvalue weighted by molar-refractivity contribution is 6.12.